The van der Waals surface area contributed by atoms with Gasteiger partial charge in [-0.25, -0.2) is 0 Å². The molecule has 13 heavy (non-hydrogen) atoms. The van der Waals surface area contributed by atoms with Crippen LogP contribution < -0.4 is 5.73 Å². The molecular weight excluding hydrogens is 184 g/mol. The van der Waals surface area contributed by atoms with E-state index in [9.17, 15) is 0 Å². The second kappa shape index (κ2) is 3.05. The summed E-state index contributed by atoms with van der Waals surface area (Å²) in [5.74, 6) is 0. The Bertz CT molecular complexity index is 445. The average Bonchev–Trinajstić information content (AvgIpc) is 2.54. The van der Waals surface area contributed by atoms with Gasteiger partial charge in [0.05, 0.1) is 5.52 Å². The molecule has 0 saturated carbocycles. The van der Waals surface area contributed by atoms with E-state index in [1.165, 1.54) is 0 Å². The zero-order chi connectivity index (χ0) is 9.42. The molecule has 1 heterocycles. The van der Waals surface area contributed by atoms with Gasteiger partial charge in [-0.15, -0.1) is 0 Å². The quantitative estimate of drug-likeness (QED) is 0.720. The molecule has 0 unspecified atom stereocenters. The molecular formula is C10H11ClN2. The largest absolute Gasteiger partial charge is 0.361 e. The topological polar surface area (TPSA) is 41.8 Å². The molecule has 0 fully saturated rings. The summed E-state index contributed by atoms with van der Waals surface area (Å²) in [5.41, 5.74) is 8.94. The molecule has 0 spiro atoms. The first kappa shape index (κ1) is 8.60. The first-order valence-electron chi connectivity index (χ1n) is 4.19. The van der Waals surface area contributed by atoms with Crippen molar-refractivity contribution in [2.75, 3.05) is 0 Å². The summed E-state index contributed by atoms with van der Waals surface area (Å²) in [6, 6.07) is 3.96. The van der Waals surface area contributed by atoms with Gasteiger partial charge in [0.15, 0.2) is 0 Å². The molecule has 3 heteroatoms. The lowest BCUT2D eigenvalue weighted by Gasteiger charge is -2.06. The Labute approximate surface area is 81.7 Å². The molecule has 0 aliphatic rings. The number of aromatic amines is 1. The molecule has 0 bridgehead atoms. The fourth-order valence-corrected chi connectivity index (χ4v) is 1.83. The van der Waals surface area contributed by atoms with Gasteiger partial charge in [-0.05, 0) is 30.2 Å². The number of halogens is 1. The number of hydrogen-bond acceptors (Lipinski definition) is 1. The van der Waals surface area contributed by atoms with Crippen molar-refractivity contribution in [2.24, 2.45) is 5.73 Å². The normalized spacial score (nSPS) is 11.0. The Morgan fingerprint density at radius 2 is 2.31 bits per heavy atom. The van der Waals surface area contributed by atoms with Crippen LogP contribution in [0, 0.1) is 6.92 Å². The number of fused-ring (bicyclic) bond motifs is 1. The fraction of sp³-hybridized carbons (Fsp3) is 0.200. The van der Waals surface area contributed by atoms with Gasteiger partial charge in [-0.2, -0.15) is 0 Å². The molecule has 0 radical (unpaired) electrons. The second-order valence-corrected chi connectivity index (χ2v) is 3.52. The van der Waals surface area contributed by atoms with Crippen LogP contribution in [0.1, 0.15) is 11.1 Å². The highest BCUT2D eigenvalue weighted by atomic mass is 35.5. The molecule has 0 atom stereocenters. The summed E-state index contributed by atoms with van der Waals surface area (Å²) in [6.07, 6.45) is 1.90. The Kier molecular flexibility index (Phi) is 2.02. The summed E-state index contributed by atoms with van der Waals surface area (Å²) < 4.78 is 0. The first-order valence-corrected chi connectivity index (χ1v) is 4.57. The average molecular weight is 195 g/mol. The van der Waals surface area contributed by atoms with Gasteiger partial charge < -0.3 is 10.7 Å². The highest BCUT2D eigenvalue weighted by molar-refractivity contribution is 6.32. The number of nitrogens with one attached hydrogen (secondary N) is 1. The van der Waals surface area contributed by atoms with Crippen molar-refractivity contribution in [1.82, 2.24) is 4.98 Å². The van der Waals surface area contributed by atoms with Crippen LogP contribution in [0.5, 0.6) is 0 Å². The number of hydrogen-bond donors (Lipinski definition) is 2. The Morgan fingerprint density at radius 3 is 3.00 bits per heavy atom. The van der Waals surface area contributed by atoms with E-state index in [1.54, 1.807) is 0 Å². The van der Waals surface area contributed by atoms with E-state index in [-0.39, 0.29) is 0 Å². The molecule has 1 aromatic heterocycles. The van der Waals surface area contributed by atoms with Crippen LogP contribution in [-0.4, -0.2) is 4.98 Å². The van der Waals surface area contributed by atoms with Crippen molar-refractivity contribution in [3.63, 3.8) is 0 Å². The van der Waals surface area contributed by atoms with Gasteiger partial charge in [-0.3, -0.25) is 0 Å². The van der Waals surface area contributed by atoms with E-state index in [0.717, 1.165) is 27.1 Å². The molecule has 2 aromatic rings. The fourth-order valence-electron chi connectivity index (χ4n) is 1.59. The lowest BCUT2D eigenvalue weighted by molar-refractivity contribution is 1.06. The van der Waals surface area contributed by atoms with Crippen molar-refractivity contribution >= 4 is 22.5 Å². The molecule has 0 aliphatic heterocycles. The van der Waals surface area contributed by atoms with Crippen molar-refractivity contribution in [3.05, 3.63) is 34.5 Å². The number of benzene rings is 1. The van der Waals surface area contributed by atoms with Gasteiger partial charge >= 0.3 is 0 Å². The Hall–Kier alpha value is -0.990. The van der Waals surface area contributed by atoms with Crippen LogP contribution in [0.25, 0.3) is 10.9 Å². The van der Waals surface area contributed by atoms with E-state index in [0.29, 0.717) is 6.54 Å². The molecule has 0 aliphatic carbocycles. The van der Waals surface area contributed by atoms with Crippen molar-refractivity contribution in [2.45, 2.75) is 13.5 Å². The van der Waals surface area contributed by atoms with Crippen LogP contribution in [0.2, 0.25) is 5.02 Å². The number of H-pyrrole nitrogens is 1. The Balaban J connectivity index is 2.87. The number of aromatic nitrogens is 1. The zero-order valence-corrected chi connectivity index (χ0v) is 8.15. The monoisotopic (exact) mass is 194 g/mol. The first-order chi connectivity index (χ1) is 6.24. The summed E-state index contributed by atoms with van der Waals surface area (Å²) in [4.78, 5) is 3.17. The van der Waals surface area contributed by atoms with Crippen LogP contribution in [-0.2, 0) is 6.54 Å². The molecule has 1 aromatic carbocycles. The standard InChI is InChI=1S/C10H11ClN2/c1-6-8(5-12)10-7(2-3-13-10)4-9(6)11/h2-4,13H,5,12H2,1H3. The third-order valence-corrected chi connectivity index (χ3v) is 2.77. The molecule has 2 nitrogen and oxygen atoms in total. The second-order valence-electron chi connectivity index (χ2n) is 3.11. The minimum atomic E-state index is 0.517. The van der Waals surface area contributed by atoms with Gasteiger partial charge in [0.1, 0.15) is 0 Å². The molecule has 0 saturated heterocycles. The van der Waals surface area contributed by atoms with E-state index >= 15 is 0 Å². The maximum Gasteiger partial charge on any atom is 0.0503 e. The van der Waals surface area contributed by atoms with Crippen molar-refractivity contribution in [1.29, 1.82) is 0 Å². The van der Waals surface area contributed by atoms with Crippen LogP contribution in [0.4, 0.5) is 0 Å². The highest BCUT2D eigenvalue weighted by Crippen LogP contribution is 2.27. The van der Waals surface area contributed by atoms with Gasteiger partial charge in [0.25, 0.3) is 0 Å². The third-order valence-electron chi connectivity index (χ3n) is 2.38. The van der Waals surface area contributed by atoms with E-state index in [2.05, 4.69) is 4.98 Å². The van der Waals surface area contributed by atoms with E-state index in [4.69, 9.17) is 17.3 Å². The van der Waals surface area contributed by atoms with E-state index in [1.807, 2.05) is 25.3 Å². The molecule has 3 N–H and O–H groups in total. The zero-order valence-electron chi connectivity index (χ0n) is 7.39. The SMILES string of the molecule is Cc1c(Cl)cc2cc[nH]c2c1CN. The summed E-state index contributed by atoms with van der Waals surface area (Å²) in [5, 5.41) is 1.91. The van der Waals surface area contributed by atoms with Crippen molar-refractivity contribution < 1.29 is 0 Å². The summed E-state index contributed by atoms with van der Waals surface area (Å²) in [6.45, 7) is 2.51. The van der Waals surface area contributed by atoms with Gasteiger partial charge in [0, 0.05) is 23.2 Å². The van der Waals surface area contributed by atoms with Crippen LogP contribution >= 0.6 is 11.6 Å². The minimum absolute atomic E-state index is 0.517. The number of rotatable bonds is 1. The summed E-state index contributed by atoms with van der Waals surface area (Å²) in [7, 11) is 0. The lowest BCUT2D eigenvalue weighted by atomic mass is 10.1. The Morgan fingerprint density at radius 1 is 1.54 bits per heavy atom. The van der Waals surface area contributed by atoms with E-state index < -0.39 is 0 Å². The number of nitrogens with two attached hydrogens (primary N) is 1. The maximum absolute atomic E-state index is 6.06. The molecule has 2 rings (SSSR count). The van der Waals surface area contributed by atoms with Crippen LogP contribution in [0.15, 0.2) is 18.3 Å². The highest BCUT2D eigenvalue weighted by Gasteiger charge is 2.07. The van der Waals surface area contributed by atoms with Crippen molar-refractivity contribution in [3.8, 4) is 0 Å². The van der Waals surface area contributed by atoms with Gasteiger partial charge in [-0.1, -0.05) is 11.6 Å². The third kappa shape index (κ3) is 1.23. The lowest BCUT2D eigenvalue weighted by Crippen LogP contribution is -2.00. The maximum atomic E-state index is 6.06. The molecule has 68 valence electrons. The summed E-state index contributed by atoms with van der Waals surface area (Å²) >= 11 is 6.06. The van der Waals surface area contributed by atoms with Gasteiger partial charge in [0.2, 0.25) is 0 Å². The predicted molar refractivity (Wildman–Crippen MR) is 55.9 cm³/mol. The predicted octanol–water partition coefficient (Wildman–Crippen LogP) is 2.59. The molecule has 0 amide bonds. The van der Waals surface area contributed by atoms with Crippen LogP contribution in [0.3, 0.4) is 0 Å². The minimum Gasteiger partial charge on any atom is -0.361 e. The smallest absolute Gasteiger partial charge is 0.0503 e.